The van der Waals surface area contributed by atoms with Crippen LogP contribution in [0.3, 0.4) is 0 Å². The molecule has 0 aliphatic carbocycles. The van der Waals surface area contributed by atoms with Gasteiger partial charge in [0.2, 0.25) is 11.8 Å². The lowest BCUT2D eigenvalue weighted by Gasteiger charge is -2.23. The summed E-state index contributed by atoms with van der Waals surface area (Å²) in [5, 5.41) is 13.5. The van der Waals surface area contributed by atoms with Crippen molar-refractivity contribution < 1.29 is 33.1 Å². The van der Waals surface area contributed by atoms with Gasteiger partial charge in [-0.05, 0) is 36.1 Å². The van der Waals surface area contributed by atoms with Gasteiger partial charge in [-0.2, -0.15) is 0 Å². The molecule has 0 radical (unpaired) electrons. The highest BCUT2D eigenvalue weighted by Crippen LogP contribution is 2.31. The summed E-state index contributed by atoms with van der Waals surface area (Å²) in [5.41, 5.74) is 1.79. The molecule has 2 atom stereocenters. The van der Waals surface area contributed by atoms with Gasteiger partial charge in [-0.1, -0.05) is 0 Å². The number of carbonyl (C=O) groups excluding carboxylic acids is 2. The second-order valence-corrected chi connectivity index (χ2v) is 8.91. The van der Waals surface area contributed by atoms with Crippen LogP contribution in [0.25, 0.3) is 11.1 Å². The number of hydrogen-bond acceptors (Lipinski definition) is 9. The second kappa shape index (κ2) is 9.95. The molecule has 0 spiro atoms. The van der Waals surface area contributed by atoms with Gasteiger partial charge in [0.05, 0.1) is 25.3 Å². The van der Waals surface area contributed by atoms with Crippen LogP contribution in [0.4, 0.5) is 20.7 Å². The molecule has 3 aromatic rings. The summed E-state index contributed by atoms with van der Waals surface area (Å²) < 4.78 is 33.3. The predicted molar refractivity (Wildman–Crippen MR) is 129 cm³/mol. The summed E-state index contributed by atoms with van der Waals surface area (Å²) in [6.07, 6.45) is 1.16. The van der Waals surface area contributed by atoms with Crippen molar-refractivity contribution in [2.75, 3.05) is 24.6 Å². The monoisotopic (exact) mass is 526 g/mol. The summed E-state index contributed by atoms with van der Waals surface area (Å²) in [7, 11) is 0. The Morgan fingerprint density at radius 1 is 1.34 bits per heavy atom. The van der Waals surface area contributed by atoms with Gasteiger partial charge >= 0.3 is 17.9 Å². The van der Waals surface area contributed by atoms with Crippen molar-refractivity contribution in [2.45, 2.75) is 32.6 Å². The van der Waals surface area contributed by atoms with Gasteiger partial charge in [0.1, 0.15) is 24.7 Å². The van der Waals surface area contributed by atoms with Crippen LogP contribution in [0, 0.1) is 22.9 Å². The van der Waals surface area contributed by atoms with Gasteiger partial charge in [0.25, 0.3) is 0 Å². The number of aromatic nitrogens is 3. The highest BCUT2D eigenvalue weighted by molar-refractivity contribution is 5.90. The molecule has 0 bridgehead atoms. The largest absolute Gasteiger partial charge is 0.469 e. The van der Waals surface area contributed by atoms with Crippen molar-refractivity contribution in [3.05, 3.63) is 58.2 Å². The molecule has 38 heavy (non-hydrogen) atoms. The highest BCUT2D eigenvalue weighted by Gasteiger charge is 2.33. The molecule has 2 aliphatic heterocycles. The van der Waals surface area contributed by atoms with E-state index in [1.807, 2.05) is 0 Å². The summed E-state index contributed by atoms with van der Waals surface area (Å²) in [6.45, 7) is 3.92. The molecule has 2 unspecified atom stereocenters. The molecule has 2 aromatic heterocycles. The average molecular weight is 526 g/mol. The standard InChI is InChI=1S/C24H23FN6O7/c1-13-5-15(7-27-22(13)37-18-9-29-11-21(31(34)35)28-23(29)36-12-18)19-4-3-16(6-20(19)25)30-10-17(38-24(30)33)8-26-14(2)32/h3-7,11,17-18H,8-10,12H2,1-2H3,(H,26,32). The summed E-state index contributed by atoms with van der Waals surface area (Å²) >= 11 is 0. The number of carbonyl (C=O) groups is 2. The Hall–Kier alpha value is -4.75. The number of nitrogens with one attached hydrogen (secondary N) is 1. The van der Waals surface area contributed by atoms with E-state index in [0.29, 0.717) is 29.2 Å². The Morgan fingerprint density at radius 2 is 2.16 bits per heavy atom. The topological polar surface area (TPSA) is 151 Å². The van der Waals surface area contributed by atoms with E-state index in [2.05, 4.69) is 15.3 Å². The normalized spacial score (nSPS) is 18.4. The van der Waals surface area contributed by atoms with E-state index in [-0.39, 0.29) is 43.0 Å². The number of cyclic esters (lactones) is 1. The van der Waals surface area contributed by atoms with Crippen LogP contribution >= 0.6 is 0 Å². The lowest BCUT2D eigenvalue weighted by molar-refractivity contribution is -0.389. The third kappa shape index (κ3) is 5.05. The maximum absolute atomic E-state index is 15.1. The fraction of sp³-hybridized carbons (Fsp3) is 0.333. The number of fused-ring (bicyclic) bond motifs is 1. The van der Waals surface area contributed by atoms with Gasteiger partial charge in [0, 0.05) is 34.8 Å². The summed E-state index contributed by atoms with van der Waals surface area (Å²) in [5.74, 6) is -0.771. The molecular formula is C24H23FN6O7. The van der Waals surface area contributed by atoms with E-state index in [0.717, 1.165) is 0 Å². The maximum atomic E-state index is 15.1. The van der Waals surface area contributed by atoms with Crippen LogP contribution < -0.4 is 19.7 Å². The van der Waals surface area contributed by atoms with Crippen molar-refractivity contribution in [1.29, 1.82) is 0 Å². The van der Waals surface area contributed by atoms with Gasteiger partial charge in [-0.15, -0.1) is 0 Å². The predicted octanol–water partition coefficient (Wildman–Crippen LogP) is 2.60. The number of amides is 2. The SMILES string of the molecule is CC(=O)NCC1CN(c2ccc(-c3cnc(OC4COc5nc([N+](=O)[O-])cn5C4)c(C)c3)c(F)c2)C(=O)O1. The van der Waals surface area contributed by atoms with Crippen LogP contribution in [0.15, 0.2) is 36.7 Å². The molecule has 2 aliphatic rings. The number of aryl methyl sites for hydroxylation is 1. The minimum Gasteiger partial charge on any atom is -0.469 e. The molecule has 1 saturated heterocycles. The number of ether oxygens (including phenoxy) is 3. The number of hydrogen-bond donors (Lipinski definition) is 1. The number of anilines is 1. The molecule has 5 rings (SSSR count). The Labute approximate surface area is 215 Å². The number of rotatable bonds is 7. The molecule has 2 amide bonds. The Kier molecular flexibility index (Phi) is 6.53. The zero-order valence-electron chi connectivity index (χ0n) is 20.4. The van der Waals surface area contributed by atoms with E-state index in [1.165, 1.54) is 34.9 Å². The number of pyridine rings is 1. The fourth-order valence-corrected chi connectivity index (χ4v) is 4.22. The van der Waals surface area contributed by atoms with Crippen LogP contribution in [0.1, 0.15) is 12.5 Å². The minimum atomic E-state index is -0.615. The third-order valence-electron chi connectivity index (χ3n) is 6.05. The first-order valence-corrected chi connectivity index (χ1v) is 11.7. The third-order valence-corrected chi connectivity index (χ3v) is 6.05. The second-order valence-electron chi connectivity index (χ2n) is 8.91. The molecule has 1 fully saturated rings. The van der Waals surface area contributed by atoms with Crippen LogP contribution in [0.2, 0.25) is 0 Å². The highest BCUT2D eigenvalue weighted by atomic mass is 19.1. The first-order valence-electron chi connectivity index (χ1n) is 11.7. The number of nitrogens with zero attached hydrogens (tertiary/aromatic N) is 5. The maximum Gasteiger partial charge on any atom is 0.414 e. The number of halogens is 1. The first kappa shape index (κ1) is 24.9. The van der Waals surface area contributed by atoms with E-state index >= 15 is 4.39 Å². The Morgan fingerprint density at radius 3 is 2.87 bits per heavy atom. The fourth-order valence-electron chi connectivity index (χ4n) is 4.22. The van der Waals surface area contributed by atoms with Crippen LogP contribution in [0.5, 0.6) is 11.9 Å². The van der Waals surface area contributed by atoms with Gasteiger partial charge in [-0.25, -0.2) is 14.2 Å². The lowest BCUT2D eigenvalue weighted by atomic mass is 10.0. The van der Waals surface area contributed by atoms with Crippen molar-refractivity contribution >= 4 is 23.5 Å². The molecular weight excluding hydrogens is 503 g/mol. The molecule has 198 valence electrons. The molecule has 4 heterocycles. The van der Waals surface area contributed by atoms with Crippen molar-refractivity contribution in [3.63, 3.8) is 0 Å². The average Bonchev–Trinajstić information content (AvgIpc) is 3.47. The van der Waals surface area contributed by atoms with Crippen LogP contribution in [-0.2, 0) is 16.1 Å². The molecule has 0 saturated carbocycles. The minimum absolute atomic E-state index is 0.137. The van der Waals surface area contributed by atoms with E-state index in [9.17, 15) is 19.7 Å². The number of benzene rings is 1. The van der Waals surface area contributed by atoms with E-state index in [1.54, 1.807) is 25.1 Å². The molecule has 1 aromatic carbocycles. The first-order chi connectivity index (χ1) is 18.2. The lowest BCUT2D eigenvalue weighted by Crippen LogP contribution is -2.34. The number of imidazole rings is 1. The van der Waals surface area contributed by atoms with Crippen molar-refractivity contribution in [1.82, 2.24) is 19.9 Å². The quantitative estimate of drug-likeness (QED) is 0.362. The van der Waals surface area contributed by atoms with Gasteiger partial charge in [0.15, 0.2) is 6.10 Å². The van der Waals surface area contributed by atoms with Gasteiger partial charge < -0.3 is 29.6 Å². The molecule has 14 heteroatoms. The van der Waals surface area contributed by atoms with Crippen molar-refractivity contribution in [3.8, 4) is 23.0 Å². The zero-order valence-corrected chi connectivity index (χ0v) is 20.4. The zero-order chi connectivity index (χ0) is 27.0. The number of nitro groups is 1. The smallest absolute Gasteiger partial charge is 0.414 e. The Balaban J connectivity index is 1.26. The summed E-state index contributed by atoms with van der Waals surface area (Å²) in [4.78, 5) is 43.1. The van der Waals surface area contributed by atoms with Crippen LogP contribution in [-0.4, -0.2) is 63.4 Å². The molecule has 13 nitrogen and oxygen atoms in total. The van der Waals surface area contributed by atoms with E-state index < -0.39 is 29.0 Å². The molecule has 1 N–H and O–H groups in total. The van der Waals surface area contributed by atoms with Gasteiger partial charge in [-0.3, -0.25) is 14.3 Å². The van der Waals surface area contributed by atoms with E-state index in [4.69, 9.17) is 14.2 Å². The Bertz CT molecular complexity index is 1430. The van der Waals surface area contributed by atoms with Crippen molar-refractivity contribution in [2.24, 2.45) is 0 Å². The summed E-state index contributed by atoms with van der Waals surface area (Å²) in [6, 6.07) is 6.30.